The molecule has 0 atom stereocenters. The summed E-state index contributed by atoms with van der Waals surface area (Å²) >= 11 is 13.3. The van der Waals surface area contributed by atoms with Gasteiger partial charge in [-0.1, -0.05) is 109 Å². The van der Waals surface area contributed by atoms with E-state index in [1.807, 2.05) is 50.3 Å². The van der Waals surface area contributed by atoms with Crippen LogP contribution < -0.4 is 5.73 Å². The maximum absolute atomic E-state index is 5.89. The molecular weight excluding hydrogens is 479 g/mol. The number of nitrogens with two attached hydrogens (primary N) is 1. The van der Waals surface area contributed by atoms with Gasteiger partial charge < -0.3 is 5.73 Å². The first kappa shape index (κ1) is 27.5. The molecule has 0 fully saturated rings. The summed E-state index contributed by atoms with van der Waals surface area (Å²) in [7, 11) is 0. The Labute approximate surface area is 217 Å². The number of allylic oxidation sites excluding steroid dienone is 4. The maximum Gasteiger partial charge on any atom is 0.0747 e. The van der Waals surface area contributed by atoms with Crippen LogP contribution in [0.25, 0.3) is 11.1 Å². The number of rotatable bonds is 6. The Bertz CT molecular complexity index is 1130. The van der Waals surface area contributed by atoms with E-state index in [0.717, 1.165) is 16.4 Å². The third kappa shape index (κ3) is 9.26. The first-order valence-electron chi connectivity index (χ1n) is 11.0. The fourth-order valence-electron chi connectivity index (χ4n) is 3.24. The molecule has 0 saturated carbocycles. The lowest BCUT2D eigenvalue weighted by atomic mass is 9.93. The van der Waals surface area contributed by atoms with Gasteiger partial charge in [0.15, 0.2) is 0 Å². The number of thioether (sulfide) groups is 1. The minimum atomic E-state index is 0.642. The molecule has 0 spiro atoms. The van der Waals surface area contributed by atoms with Gasteiger partial charge in [-0.05, 0) is 73.0 Å². The van der Waals surface area contributed by atoms with Gasteiger partial charge in [-0.3, -0.25) is 4.99 Å². The second-order valence-electron chi connectivity index (χ2n) is 7.17. The van der Waals surface area contributed by atoms with Gasteiger partial charge in [0.05, 0.1) is 5.04 Å². The number of hydrogen-bond acceptors (Lipinski definition) is 3. The van der Waals surface area contributed by atoms with E-state index in [4.69, 9.17) is 28.9 Å². The molecule has 34 heavy (non-hydrogen) atoms. The quantitative estimate of drug-likeness (QED) is 0.118. The van der Waals surface area contributed by atoms with Gasteiger partial charge in [0.1, 0.15) is 0 Å². The zero-order valence-corrected chi connectivity index (χ0v) is 22.0. The molecule has 0 radical (unpaired) electrons. The Morgan fingerprint density at radius 3 is 1.97 bits per heavy atom. The van der Waals surface area contributed by atoms with Gasteiger partial charge in [0, 0.05) is 21.1 Å². The molecule has 0 aliphatic rings. The average Bonchev–Trinajstić information content (AvgIpc) is 2.84. The Balaban J connectivity index is 0.000000248. The van der Waals surface area contributed by atoms with Crippen molar-refractivity contribution in [1.29, 1.82) is 0 Å². The van der Waals surface area contributed by atoms with E-state index in [2.05, 4.69) is 60.4 Å². The summed E-state index contributed by atoms with van der Waals surface area (Å²) in [5.74, 6) is 0. The summed E-state index contributed by atoms with van der Waals surface area (Å²) in [4.78, 5) is 5.21. The van der Waals surface area contributed by atoms with Gasteiger partial charge in [0.25, 0.3) is 0 Å². The number of benzene rings is 3. The van der Waals surface area contributed by atoms with Gasteiger partial charge in [-0.15, -0.1) is 0 Å². The minimum absolute atomic E-state index is 0.642. The molecule has 176 valence electrons. The van der Waals surface area contributed by atoms with E-state index in [1.54, 1.807) is 30.2 Å². The topological polar surface area (TPSA) is 38.4 Å². The van der Waals surface area contributed by atoms with Crippen molar-refractivity contribution in [2.45, 2.75) is 32.1 Å². The lowest BCUT2D eigenvalue weighted by Gasteiger charge is -2.12. The molecule has 0 bridgehead atoms. The lowest BCUT2D eigenvalue weighted by molar-refractivity contribution is 1.24. The molecule has 2 N–H and O–H groups in total. The molecule has 5 heteroatoms. The van der Waals surface area contributed by atoms with Crippen LogP contribution in [0.2, 0.25) is 10.0 Å². The van der Waals surface area contributed by atoms with E-state index >= 15 is 0 Å². The summed E-state index contributed by atoms with van der Waals surface area (Å²) in [5.41, 5.74) is 10.6. The molecule has 0 aliphatic carbocycles. The Kier molecular flexibility index (Phi) is 12.3. The van der Waals surface area contributed by atoms with Crippen molar-refractivity contribution in [2.24, 2.45) is 10.7 Å². The lowest BCUT2D eigenvalue weighted by Crippen LogP contribution is -1.91. The summed E-state index contributed by atoms with van der Waals surface area (Å²) in [6.07, 6.45) is 8.21. The number of hydrogen-bond donors (Lipinski definition) is 1. The summed E-state index contributed by atoms with van der Waals surface area (Å²) in [6, 6.07) is 26.3. The first-order chi connectivity index (χ1) is 16.5. The predicted molar refractivity (Wildman–Crippen MR) is 154 cm³/mol. The molecule has 3 aromatic carbocycles. The second kappa shape index (κ2) is 15.2. The van der Waals surface area contributed by atoms with Crippen LogP contribution in [0.15, 0.2) is 113 Å². The SMILES string of the molecule is C/C=C\N=C(C)Sc1cc(Cl)cc(Cl)c1.CC/C(=C(\C=C\N)c1ccccc1)c1ccccc1. The maximum atomic E-state index is 5.89. The molecule has 2 nitrogen and oxygen atoms in total. The summed E-state index contributed by atoms with van der Waals surface area (Å²) < 4.78 is 0. The third-order valence-electron chi connectivity index (χ3n) is 4.66. The van der Waals surface area contributed by atoms with Crippen molar-refractivity contribution in [3.63, 3.8) is 0 Å². The summed E-state index contributed by atoms with van der Waals surface area (Å²) in [6.45, 7) is 6.05. The monoisotopic (exact) mass is 508 g/mol. The molecular formula is C29H30Cl2N2S. The largest absolute Gasteiger partial charge is 0.405 e. The van der Waals surface area contributed by atoms with Gasteiger partial charge in [0.2, 0.25) is 0 Å². The fraction of sp³-hybridized carbons (Fsp3) is 0.138. The second-order valence-corrected chi connectivity index (χ2v) is 9.31. The number of nitrogens with zero attached hydrogens (tertiary/aromatic N) is 1. The molecule has 0 amide bonds. The van der Waals surface area contributed by atoms with Crippen molar-refractivity contribution in [2.75, 3.05) is 0 Å². The molecule has 0 unspecified atom stereocenters. The van der Waals surface area contributed by atoms with Crippen LogP contribution in [0.4, 0.5) is 0 Å². The van der Waals surface area contributed by atoms with E-state index < -0.39 is 0 Å². The molecule has 0 aliphatic heterocycles. The molecule has 0 aromatic heterocycles. The summed E-state index contributed by atoms with van der Waals surface area (Å²) in [5, 5.41) is 2.24. The van der Waals surface area contributed by atoms with E-state index in [1.165, 1.54) is 22.3 Å². The van der Waals surface area contributed by atoms with Crippen LogP contribution in [0, 0.1) is 0 Å². The number of aliphatic imine (C=N–C) groups is 1. The van der Waals surface area contributed by atoms with Crippen molar-refractivity contribution in [3.8, 4) is 0 Å². The predicted octanol–water partition coefficient (Wildman–Crippen LogP) is 9.52. The zero-order chi connectivity index (χ0) is 24.8. The van der Waals surface area contributed by atoms with Crippen molar-refractivity contribution in [3.05, 3.63) is 125 Å². The normalized spacial score (nSPS) is 12.4. The number of halogens is 2. The Morgan fingerprint density at radius 1 is 0.912 bits per heavy atom. The van der Waals surface area contributed by atoms with Crippen molar-refractivity contribution >= 4 is 51.2 Å². The Hall–Kier alpha value is -2.72. The molecule has 0 heterocycles. The minimum Gasteiger partial charge on any atom is -0.405 e. The highest BCUT2D eigenvalue weighted by molar-refractivity contribution is 8.13. The van der Waals surface area contributed by atoms with Crippen LogP contribution >= 0.6 is 35.0 Å². The molecule has 0 saturated heterocycles. The van der Waals surface area contributed by atoms with Gasteiger partial charge in [-0.2, -0.15) is 0 Å². The van der Waals surface area contributed by atoms with Crippen molar-refractivity contribution in [1.82, 2.24) is 0 Å². The third-order valence-corrected chi connectivity index (χ3v) is 5.96. The van der Waals surface area contributed by atoms with Crippen molar-refractivity contribution < 1.29 is 0 Å². The van der Waals surface area contributed by atoms with Crippen LogP contribution in [0.5, 0.6) is 0 Å². The standard InChI is InChI=1S/C18H19N.C11H11Cl2NS/c1-2-17(15-9-5-3-6-10-15)18(13-14-19)16-11-7-4-8-12-16;1-3-4-14-8(2)15-11-6-9(12)5-10(13)7-11/h3-14H,2,19H2,1H3;3-7H,1-2H3/b14-13+,18-17-;4-3-,14-8?. The molecule has 3 aromatic rings. The highest BCUT2D eigenvalue weighted by atomic mass is 35.5. The van der Waals surface area contributed by atoms with Crippen LogP contribution in [0.1, 0.15) is 38.3 Å². The Morgan fingerprint density at radius 2 is 1.47 bits per heavy atom. The van der Waals surface area contributed by atoms with E-state index in [-0.39, 0.29) is 0 Å². The van der Waals surface area contributed by atoms with Gasteiger partial charge >= 0.3 is 0 Å². The average molecular weight is 510 g/mol. The van der Waals surface area contributed by atoms with E-state index in [9.17, 15) is 0 Å². The smallest absolute Gasteiger partial charge is 0.0747 e. The van der Waals surface area contributed by atoms with Crippen LogP contribution in [-0.2, 0) is 0 Å². The van der Waals surface area contributed by atoms with Gasteiger partial charge in [-0.25, -0.2) is 0 Å². The fourth-order valence-corrected chi connectivity index (χ4v) is 4.72. The van der Waals surface area contributed by atoms with Crippen LogP contribution in [0.3, 0.4) is 0 Å². The molecule has 3 rings (SSSR count). The highest BCUT2D eigenvalue weighted by Crippen LogP contribution is 2.30. The highest BCUT2D eigenvalue weighted by Gasteiger charge is 2.07. The first-order valence-corrected chi connectivity index (χ1v) is 12.6. The van der Waals surface area contributed by atoms with Crippen LogP contribution in [-0.4, -0.2) is 5.04 Å². The zero-order valence-electron chi connectivity index (χ0n) is 19.7. The van der Waals surface area contributed by atoms with E-state index in [0.29, 0.717) is 10.0 Å².